The van der Waals surface area contributed by atoms with E-state index < -0.39 is 0 Å². The predicted octanol–water partition coefficient (Wildman–Crippen LogP) is 4.44. The van der Waals surface area contributed by atoms with E-state index in [2.05, 4.69) is 5.32 Å². The van der Waals surface area contributed by atoms with Crippen LogP contribution in [-0.2, 0) is 16.1 Å². The number of carbonyl (C=O) groups is 1. The highest BCUT2D eigenvalue weighted by Crippen LogP contribution is 2.20. The van der Waals surface area contributed by atoms with Gasteiger partial charge in [0.05, 0.1) is 6.61 Å². The molecule has 116 valence electrons. The Kier molecular flexibility index (Phi) is 9.08. The van der Waals surface area contributed by atoms with Crippen molar-refractivity contribution >= 4 is 57.5 Å². The second kappa shape index (κ2) is 10.3. The van der Waals surface area contributed by atoms with E-state index in [0.717, 1.165) is 17.7 Å². The van der Waals surface area contributed by atoms with Crippen molar-refractivity contribution in [3.63, 3.8) is 0 Å². The van der Waals surface area contributed by atoms with Crippen LogP contribution >= 0.6 is 47.2 Å². The summed E-state index contributed by atoms with van der Waals surface area (Å²) in [4.78, 5) is 11.2. The highest BCUT2D eigenvalue weighted by atomic mass is 35.5. The summed E-state index contributed by atoms with van der Waals surface area (Å²) in [6, 6.07) is 5.32. The number of carbonyl (C=O) groups excluding carboxylic acids is 1. The average molecular weight is 366 g/mol. The summed E-state index contributed by atoms with van der Waals surface area (Å²) in [5.74, 6) is 0.608. The van der Waals surface area contributed by atoms with Gasteiger partial charge in [-0.2, -0.15) is 0 Å². The van der Waals surface area contributed by atoms with Gasteiger partial charge in [-0.1, -0.05) is 47.2 Å². The van der Waals surface area contributed by atoms with Crippen LogP contribution in [0.25, 0.3) is 0 Å². The maximum atomic E-state index is 11.2. The minimum absolute atomic E-state index is 0.164. The fourth-order valence-electron chi connectivity index (χ4n) is 1.51. The van der Waals surface area contributed by atoms with Gasteiger partial charge in [0.1, 0.15) is 4.32 Å². The van der Waals surface area contributed by atoms with Crippen molar-refractivity contribution < 1.29 is 9.53 Å². The molecule has 1 aromatic rings. The molecule has 1 rings (SSSR count). The van der Waals surface area contributed by atoms with Crippen molar-refractivity contribution in [2.75, 3.05) is 12.4 Å². The SMILES string of the molecule is CCOC(=O)CCCSC(=S)NCc1cc(Cl)ccc1Cl. The van der Waals surface area contributed by atoms with Crippen molar-refractivity contribution in [3.8, 4) is 0 Å². The smallest absolute Gasteiger partial charge is 0.305 e. The Morgan fingerprint density at radius 2 is 2.19 bits per heavy atom. The maximum Gasteiger partial charge on any atom is 0.305 e. The van der Waals surface area contributed by atoms with Gasteiger partial charge in [-0.25, -0.2) is 0 Å². The minimum Gasteiger partial charge on any atom is -0.466 e. The molecule has 0 spiro atoms. The molecular formula is C14H17Cl2NO2S2. The van der Waals surface area contributed by atoms with Crippen LogP contribution in [0, 0.1) is 0 Å². The third-order valence-corrected chi connectivity index (χ3v) is 4.50. The molecule has 0 unspecified atom stereocenters. The molecule has 0 fully saturated rings. The largest absolute Gasteiger partial charge is 0.466 e. The standard InChI is InChI=1S/C14H17Cl2NO2S2/c1-2-19-13(18)4-3-7-21-14(20)17-9-10-8-11(15)5-6-12(10)16/h5-6,8H,2-4,7,9H2,1H3,(H,17,20). The molecule has 0 aliphatic rings. The highest BCUT2D eigenvalue weighted by molar-refractivity contribution is 8.22. The summed E-state index contributed by atoms with van der Waals surface area (Å²) in [6.45, 7) is 2.75. The molecule has 0 saturated heterocycles. The Balaban J connectivity index is 2.22. The van der Waals surface area contributed by atoms with Gasteiger partial charge in [0.2, 0.25) is 0 Å². The number of benzene rings is 1. The number of thiocarbonyl (C=S) groups is 1. The summed E-state index contributed by atoms with van der Waals surface area (Å²) < 4.78 is 5.53. The van der Waals surface area contributed by atoms with Crippen LogP contribution in [0.4, 0.5) is 0 Å². The van der Waals surface area contributed by atoms with Crippen molar-refractivity contribution in [1.29, 1.82) is 0 Å². The maximum absolute atomic E-state index is 11.2. The van der Waals surface area contributed by atoms with E-state index >= 15 is 0 Å². The van der Waals surface area contributed by atoms with Gasteiger partial charge < -0.3 is 10.1 Å². The van der Waals surface area contributed by atoms with E-state index in [0.29, 0.717) is 33.9 Å². The Morgan fingerprint density at radius 1 is 1.43 bits per heavy atom. The molecule has 21 heavy (non-hydrogen) atoms. The summed E-state index contributed by atoms with van der Waals surface area (Å²) in [7, 11) is 0. The molecule has 0 heterocycles. The predicted molar refractivity (Wildman–Crippen MR) is 94.2 cm³/mol. The zero-order chi connectivity index (χ0) is 15.7. The molecule has 0 aliphatic carbocycles. The summed E-state index contributed by atoms with van der Waals surface area (Å²) in [6.07, 6.45) is 1.16. The monoisotopic (exact) mass is 365 g/mol. The lowest BCUT2D eigenvalue weighted by atomic mass is 10.2. The first-order valence-corrected chi connectivity index (χ1v) is 8.68. The number of rotatable bonds is 7. The first-order chi connectivity index (χ1) is 10.0. The number of nitrogens with one attached hydrogen (secondary N) is 1. The summed E-state index contributed by atoms with van der Waals surface area (Å²) in [5, 5.41) is 4.41. The van der Waals surface area contributed by atoms with Crippen molar-refractivity contribution in [2.45, 2.75) is 26.3 Å². The van der Waals surface area contributed by atoms with Crippen LogP contribution < -0.4 is 5.32 Å². The van der Waals surface area contributed by atoms with Crippen LogP contribution in [0.5, 0.6) is 0 Å². The molecule has 0 radical (unpaired) electrons. The quantitative estimate of drug-likeness (QED) is 0.439. The van der Waals surface area contributed by atoms with Crippen LogP contribution in [0.3, 0.4) is 0 Å². The zero-order valence-corrected chi connectivity index (χ0v) is 14.8. The lowest BCUT2D eigenvalue weighted by molar-refractivity contribution is -0.143. The molecule has 0 atom stereocenters. The van der Waals surface area contributed by atoms with Crippen LogP contribution in [0.2, 0.25) is 10.0 Å². The van der Waals surface area contributed by atoms with Crippen LogP contribution in [0.1, 0.15) is 25.3 Å². The minimum atomic E-state index is -0.164. The lowest BCUT2D eigenvalue weighted by Crippen LogP contribution is -2.18. The lowest BCUT2D eigenvalue weighted by Gasteiger charge is -2.09. The molecule has 1 N–H and O–H groups in total. The molecule has 3 nitrogen and oxygen atoms in total. The number of ether oxygens (including phenoxy) is 1. The zero-order valence-electron chi connectivity index (χ0n) is 11.7. The van der Waals surface area contributed by atoms with E-state index in [9.17, 15) is 4.79 Å². The third kappa shape index (κ3) is 7.90. The Bertz CT molecular complexity index is 498. The average Bonchev–Trinajstić information content (AvgIpc) is 2.45. The molecule has 1 aromatic carbocycles. The fourth-order valence-corrected chi connectivity index (χ4v) is 2.86. The second-order valence-electron chi connectivity index (χ2n) is 4.13. The van der Waals surface area contributed by atoms with E-state index in [1.807, 2.05) is 6.07 Å². The topological polar surface area (TPSA) is 38.3 Å². The Hall–Kier alpha value is -0.490. The first kappa shape index (κ1) is 18.6. The fraction of sp³-hybridized carbons (Fsp3) is 0.429. The molecule has 0 aromatic heterocycles. The van der Waals surface area contributed by atoms with Crippen molar-refractivity contribution in [3.05, 3.63) is 33.8 Å². The summed E-state index contributed by atoms with van der Waals surface area (Å²) >= 11 is 18.7. The second-order valence-corrected chi connectivity index (χ2v) is 6.75. The van der Waals surface area contributed by atoms with Crippen LogP contribution in [0.15, 0.2) is 18.2 Å². The van der Waals surface area contributed by atoms with E-state index in [1.54, 1.807) is 19.1 Å². The van der Waals surface area contributed by atoms with Crippen LogP contribution in [-0.4, -0.2) is 22.6 Å². The molecule has 0 aliphatic heterocycles. The highest BCUT2D eigenvalue weighted by Gasteiger charge is 2.05. The molecule has 0 saturated carbocycles. The molecule has 0 amide bonds. The van der Waals surface area contributed by atoms with Gasteiger partial charge in [0.25, 0.3) is 0 Å². The van der Waals surface area contributed by atoms with Gasteiger partial charge >= 0.3 is 5.97 Å². The van der Waals surface area contributed by atoms with Gasteiger partial charge in [0.15, 0.2) is 0 Å². The number of halogens is 2. The number of esters is 1. The molecular weight excluding hydrogens is 349 g/mol. The van der Waals surface area contributed by atoms with Crippen molar-refractivity contribution in [1.82, 2.24) is 5.32 Å². The van der Waals surface area contributed by atoms with E-state index in [4.69, 9.17) is 40.2 Å². The Morgan fingerprint density at radius 3 is 2.90 bits per heavy atom. The van der Waals surface area contributed by atoms with Gasteiger partial charge in [0, 0.05) is 28.8 Å². The van der Waals surface area contributed by atoms with Crippen molar-refractivity contribution in [2.24, 2.45) is 0 Å². The molecule has 0 bridgehead atoms. The first-order valence-electron chi connectivity index (χ1n) is 6.53. The van der Waals surface area contributed by atoms with Gasteiger partial charge in [-0.3, -0.25) is 4.79 Å². The van der Waals surface area contributed by atoms with E-state index in [1.165, 1.54) is 11.8 Å². The van der Waals surface area contributed by atoms with E-state index in [-0.39, 0.29) is 5.97 Å². The van der Waals surface area contributed by atoms with Gasteiger partial charge in [-0.05, 0) is 37.1 Å². The normalized spacial score (nSPS) is 10.2. The number of hydrogen-bond acceptors (Lipinski definition) is 4. The number of thioether (sulfide) groups is 1. The van der Waals surface area contributed by atoms with Gasteiger partial charge in [-0.15, -0.1) is 0 Å². The third-order valence-electron chi connectivity index (χ3n) is 2.49. The summed E-state index contributed by atoms with van der Waals surface area (Å²) in [5.41, 5.74) is 0.902. The number of hydrogen-bond donors (Lipinski definition) is 1. The Labute approximate surface area is 144 Å². The molecule has 7 heteroatoms.